The first kappa shape index (κ1) is 23.3. The van der Waals surface area contributed by atoms with Crippen molar-refractivity contribution in [3.63, 3.8) is 0 Å². The van der Waals surface area contributed by atoms with Crippen molar-refractivity contribution in [3.05, 3.63) is 113 Å². The lowest BCUT2D eigenvalue weighted by Crippen LogP contribution is -1.94. The molecule has 0 bridgehead atoms. The largest absolute Gasteiger partial charge is 0.494 e. The zero-order chi connectivity index (χ0) is 24.2. The van der Waals surface area contributed by atoms with Gasteiger partial charge in [-0.2, -0.15) is 4.39 Å². The normalized spacial score (nSPS) is 11.2. The van der Waals surface area contributed by atoms with Gasteiger partial charge in [0.15, 0.2) is 23.2 Å². The average Bonchev–Trinajstić information content (AvgIpc) is 2.87. The molecule has 172 valence electrons. The zero-order valence-electron chi connectivity index (χ0n) is 18.2. The van der Waals surface area contributed by atoms with Crippen molar-refractivity contribution in [2.75, 3.05) is 7.11 Å². The first-order valence-electron chi connectivity index (χ1n) is 10.4. The summed E-state index contributed by atoms with van der Waals surface area (Å²) in [6, 6.07) is 18.9. The van der Waals surface area contributed by atoms with Gasteiger partial charge < -0.3 is 9.84 Å². The minimum atomic E-state index is -1.06. The van der Waals surface area contributed by atoms with E-state index in [1.54, 1.807) is 54.6 Å². The molecule has 0 radical (unpaired) electrons. The predicted molar refractivity (Wildman–Crippen MR) is 125 cm³/mol. The number of aliphatic hydroxyl groups is 1. The van der Waals surface area contributed by atoms with E-state index in [-0.39, 0.29) is 29.0 Å². The summed E-state index contributed by atoms with van der Waals surface area (Å²) in [6.45, 7) is -0.132. The minimum Gasteiger partial charge on any atom is -0.494 e. The molecular weight excluding hydrogens is 444 g/mol. The number of aliphatic hydroxyl groups excluding tert-OH is 1. The summed E-state index contributed by atoms with van der Waals surface area (Å²) >= 11 is 0. The van der Waals surface area contributed by atoms with Gasteiger partial charge in [-0.1, -0.05) is 72.8 Å². The highest BCUT2D eigenvalue weighted by Crippen LogP contribution is 2.32. The van der Waals surface area contributed by atoms with E-state index in [0.717, 1.165) is 0 Å². The van der Waals surface area contributed by atoms with E-state index < -0.39 is 23.3 Å². The number of halogens is 4. The molecule has 4 aromatic carbocycles. The molecule has 0 aliphatic heterocycles. The molecule has 0 saturated heterocycles. The van der Waals surface area contributed by atoms with Crippen molar-refractivity contribution < 1.29 is 27.4 Å². The molecule has 0 atom stereocenters. The van der Waals surface area contributed by atoms with Gasteiger partial charge >= 0.3 is 0 Å². The summed E-state index contributed by atoms with van der Waals surface area (Å²) in [6.07, 6.45) is 3.01. The Hall–Kier alpha value is -3.90. The van der Waals surface area contributed by atoms with Gasteiger partial charge in [0.05, 0.1) is 13.7 Å². The Morgan fingerprint density at radius 1 is 0.647 bits per heavy atom. The van der Waals surface area contributed by atoms with Crippen LogP contribution in [0.3, 0.4) is 0 Å². The molecule has 4 aromatic rings. The molecule has 0 unspecified atom stereocenters. The quantitative estimate of drug-likeness (QED) is 0.241. The molecule has 4 rings (SSSR count). The maximum absolute atomic E-state index is 14.9. The van der Waals surface area contributed by atoms with Gasteiger partial charge in [-0.15, -0.1) is 0 Å². The highest BCUT2D eigenvalue weighted by molar-refractivity contribution is 5.75. The van der Waals surface area contributed by atoms with Crippen LogP contribution in [0.5, 0.6) is 5.75 Å². The van der Waals surface area contributed by atoms with Crippen LogP contribution < -0.4 is 4.74 Å². The van der Waals surface area contributed by atoms with E-state index in [2.05, 4.69) is 0 Å². The molecule has 0 amide bonds. The maximum atomic E-state index is 14.9. The standard InChI is InChI=1S/C28H20F4O2/c1-34-24-15-12-21(25(29)28(24)32)11-4-17-2-7-19(8-3-17)22-13-14-23(27(31)26(22)30)20-9-5-18(16-33)6-10-20/h2-15,33H,16H2,1H3/b11-4+. The Bertz CT molecular complexity index is 1340. The Morgan fingerprint density at radius 2 is 1.21 bits per heavy atom. The fourth-order valence-electron chi connectivity index (χ4n) is 3.58. The van der Waals surface area contributed by atoms with Crippen molar-refractivity contribution in [1.29, 1.82) is 0 Å². The van der Waals surface area contributed by atoms with Crippen LogP contribution in [0.15, 0.2) is 72.8 Å². The van der Waals surface area contributed by atoms with Crippen LogP contribution in [-0.2, 0) is 6.61 Å². The molecule has 0 aliphatic carbocycles. The first-order valence-corrected chi connectivity index (χ1v) is 10.4. The summed E-state index contributed by atoms with van der Waals surface area (Å²) in [7, 11) is 1.26. The number of benzene rings is 4. The van der Waals surface area contributed by atoms with Gasteiger partial charge in [-0.3, -0.25) is 0 Å². The van der Waals surface area contributed by atoms with Crippen LogP contribution >= 0.6 is 0 Å². The van der Waals surface area contributed by atoms with Gasteiger partial charge in [0, 0.05) is 16.7 Å². The van der Waals surface area contributed by atoms with Crippen LogP contribution in [0.2, 0.25) is 0 Å². The SMILES string of the molecule is COc1ccc(/C=C/c2ccc(-c3ccc(-c4ccc(CO)cc4)c(F)c3F)cc2)c(F)c1F. The lowest BCUT2D eigenvalue weighted by molar-refractivity contribution is 0.282. The van der Waals surface area contributed by atoms with E-state index in [0.29, 0.717) is 22.3 Å². The molecule has 6 heteroatoms. The van der Waals surface area contributed by atoms with E-state index in [9.17, 15) is 17.6 Å². The first-order chi connectivity index (χ1) is 16.4. The van der Waals surface area contributed by atoms with Crippen LogP contribution in [0.4, 0.5) is 17.6 Å². The number of rotatable bonds is 6. The Balaban J connectivity index is 1.57. The number of ether oxygens (including phenoxy) is 1. The van der Waals surface area contributed by atoms with E-state index in [1.807, 2.05) is 0 Å². The van der Waals surface area contributed by atoms with Crippen molar-refractivity contribution in [2.45, 2.75) is 6.61 Å². The van der Waals surface area contributed by atoms with E-state index >= 15 is 0 Å². The number of hydrogen-bond acceptors (Lipinski definition) is 2. The Morgan fingerprint density at radius 3 is 1.74 bits per heavy atom. The summed E-state index contributed by atoms with van der Waals surface area (Å²) in [5, 5.41) is 9.14. The third kappa shape index (κ3) is 4.58. The van der Waals surface area contributed by atoms with E-state index in [4.69, 9.17) is 9.84 Å². The molecular formula is C28H20F4O2. The maximum Gasteiger partial charge on any atom is 0.201 e. The minimum absolute atomic E-state index is 0.0538. The molecule has 0 aliphatic rings. The van der Waals surface area contributed by atoms with Crippen molar-refractivity contribution in [1.82, 2.24) is 0 Å². The fourth-order valence-corrected chi connectivity index (χ4v) is 3.58. The number of hydrogen-bond donors (Lipinski definition) is 1. The fraction of sp³-hybridized carbons (Fsp3) is 0.0714. The summed E-state index contributed by atoms with van der Waals surface area (Å²) in [5.41, 5.74) is 2.60. The Kier molecular flexibility index (Phi) is 6.80. The average molecular weight is 464 g/mol. The summed E-state index contributed by atoms with van der Waals surface area (Å²) in [4.78, 5) is 0. The molecule has 0 spiro atoms. The molecule has 2 nitrogen and oxygen atoms in total. The lowest BCUT2D eigenvalue weighted by atomic mass is 9.97. The summed E-state index contributed by atoms with van der Waals surface area (Å²) < 4.78 is 62.4. The summed E-state index contributed by atoms with van der Waals surface area (Å²) in [5.74, 6) is -4.19. The predicted octanol–water partition coefficient (Wildman–Crippen LogP) is 7.25. The van der Waals surface area contributed by atoms with E-state index in [1.165, 1.54) is 37.5 Å². The molecule has 1 N–H and O–H groups in total. The van der Waals surface area contributed by atoms with Gasteiger partial charge in [0.1, 0.15) is 0 Å². The lowest BCUT2D eigenvalue weighted by Gasteiger charge is -2.10. The van der Waals surface area contributed by atoms with Crippen molar-refractivity contribution in [2.24, 2.45) is 0 Å². The topological polar surface area (TPSA) is 29.5 Å². The molecule has 0 fully saturated rings. The molecule has 0 heterocycles. The van der Waals surface area contributed by atoms with Gasteiger partial charge in [0.2, 0.25) is 5.82 Å². The third-order valence-electron chi connectivity index (χ3n) is 5.50. The van der Waals surface area contributed by atoms with Crippen LogP contribution in [0, 0.1) is 23.3 Å². The van der Waals surface area contributed by atoms with Gasteiger partial charge in [0.25, 0.3) is 0 Å². The molecule has 34 heavy (non-hydrogen) atoms. The van der Waals surface area contributed by atoms with Crippen LogP contribution in [0.1, 0.15) is 16.7 Å². The highest BCUT2D eigenvalue weighted by Gasteiger charge is 2.16. The van der Waals surface area contributed by atoms with Crippen molar-refractivity contribution >= 4 is 12.2 Å². The highest BCUT2D eigenvalue weighted by atomic mass is 19.2. The third-order valence-corrected chi connectivity index (χ3v) is 5.50. The monoisotopic (exact) mass is 464 g/mol. The van der Waals surface area contributed by atoms with Gasteiger partial charge in [-0.05, 0) is 34.4 Å². The Labute approximate surface area is 194 Å². The van der Waals surface area contributed by atoms with Crippen molar-refractivity contribution in [3.8, 4) is 28.0 Å². The second kappa shape index (κ2) is 9.93. The van der Waals surface area contributed by atoms with Crippen LogP contribution in [0.25, 0.3) is 34.4 Å². The second-order valence-electron chi connectivity index (χ2n) is 7.58. The zero-order valence-corrected chi connectivity index (χ0v) is 18.2. The molecule has 0 aromatic heterocycles. The van der Waals surface area contributed by atoms with Gasteiger partial charge in [-0.25, -0.2) is 13.2 Å². The molecule has 0 saturated carbocycles. The van der Waals surface area contributed by atoms with Crippen LogP contribution in [-0.4, -0.2) is 12.2 Å². The second-order valence-corrected chi connectivity index (χ2v) is 7.58. The number of methoxy groups -OCH3 is 1. The smallest absolute Gasteiger partial charge is 0.201 e.